The van der Waals surface area contributed by atoms with Gasteiger partial charge in [-0.05, 0) is 44.9 Å². The Morgan fingerprint density at radius 1 is 1.12 bits per heavy atom. The Hall–Kier alpha value is -2.85. The van der Waals surface area contributed by atoms with Crippen LogP contribution in [0.25, 0.3) is 0 Å². The summed E-state index contributed by atoms with van der Waals surface area (Å²) < 4.78 is 5.01. The number of amides is 3. The van der Waals surface area contributed by atoms with Crippen LogP contribution in [0.1, 0.15) is 71.1 Å². The van der Waals surface area contributed by atoms with E-state index in [9.17, 15) is 19.2 Å². The summed E-state index contributed by atoms with van der Waals surface area (Å²) in [6, 6.07) is -2.10. The quantitative estimate of drug-likeness (QED) is 0.138. The van der Waals surface area contributed by atoms with E-state index in [0.717, 1.165) is 25.7 Å². The Bertz CT molecular complexity index is 721. The number of nitrogens with zero attached hydrogens (tertiary/aromatic N) is 2. The molecule has 0 aromatic carbocycles. The van der Waals surface area contributed by atoms with Gasteiger partial charge in [0, 0.05) is 13.1 Å². The average Bonchev–Trinajstić information content (AvgIpc) is 3.31. The zero-order valence-corrected chi connectivity index (χ0v) is 20.2. The van der Waals surface area contributed by atoms with Crippen molar-refractivity contribution in [1.82, 2.24) is 15.5 Å². The van der Waals surface area contributed by atoms with Crippen molar-refractivity contribution in [1.29, 1.82) is 0 Å². The number of hydrogen-bond acceptors (Lipinski definition) is 6. The summed E-state index contributed by atoms with van der Waals surface area (Å²) in [5.74, 6) is -0.306. The lowest BCUT2D eigenvalue weighted by Gasteiger charge is -2.31. The van der Waals surface area contributed by atoms with Gasteiger partial charge in [-0.1, -0.05) is 32.1 Å². The zero-order valence-electron chi connectivity index (χ0n) is 20.2. The molecule has 0 aromatic heterocycles. The number of carbonyl (C=O) groups is 4. The van der Waals surface area contributed by atoms with Gasteiger partial charge in [0.1, 0.15) is 18.4 Å². The van der Waals surface area contributed by atoms with E-state index in [0.29, 0.717) is 57.4 Å². The maximum Gasteiger partial charge on any atom is 0.407 e. The van der Waals surface area contributed by atoms with E-state index in [-0.39, 0.29) is 24.4 Å². The number of nitrogens with one attached hydrogen (secondary N) is 2. The molecule has 2 rings (SSSR count). The smallest absolute Gasteiger partial charge is 0.407 e. The number of aldehydes is 1. The summed E-state index contributed by atoms with van der Waals surface area (Å²) in [5, 5.41) is 5.46. The van der Waals surface area contributed by atoms with Crippen molar-refractivity contribution in [2.24, 2.45) is 22.4 Å². The molecule has 1 saturated carbocycles. The van der Waals surface area contributed by atoms with E-state index >= 15 is 0 Å². The number of hydrogen-bond donors (Lipinski definition) is 4. The number of aliphatic imine (C=N–C) groups is 1. The maximum absolute atomic E-state index is 13.5. The molecule has 0 aromatic rings. The number of guanidine groups is 1. The molecule has 1 aliphatic carbocycles. The van der Waals surface area contributed by atoms with E-state index in [2.05, 4.69) is 15.6 Å². The van der Waals surface area contributed by atoms with Gasteiger partial charge in [0.25, 0.3) is 0 Å². The fourth-order valence-corrected chi connectivity index (χ4v) is 4.77. The molecule has 34 heavy (non-hydrogen) atoms. The summed E-state index contributed by atoms with van der Waals surface area (Å²) in [5.41, 5.74) is 10.6. The molecule has 0 unspecified atom stereocenters. The van der Waals surface area contributed by atoms with Crippen LogP contribution in [0.3, 0.4) is 0 Å². The number of alkyl carbamates (subject to hydrolysis) is 1. The Kier molecular flexibility index (Phi) is 11.6. The monoisotopic (exact) mass is 480 g/mol. The summed E-state index contributed by atoms with van der Waals surface area (Å²) in [7, 11) is 0. The van der Waals surface area contributed by atoms with Crippen LogP contribution in [-0.2, 0) is 19.1 Å². The predicted octanol–water partition coefficient (Wildman–Crippen LogP) is 0.800. The second-order valence-electron chi connectivity index (χ2n) is 9.05. The fraction of sp³-hybridized carbons (Fsp3) is 0.783. The molecule has 0 bridgehead atoms. The third-order valence-corrected chi connectivity index (χ3v) is 6.46. The van der Waals surface area contributed by atoms with Crippen LogP contribution in [0.2, 0.25) is 0 Å². The number of rotatable bonds is 12. The van der Waals surface area contributed by atoms with Crippen LogP contribution < -0.4 is 22.1 Å². The minimum atomic E-state index is -0.739. The third kappa shape index (κ3) is 8.83. The van der Waals surface area contributed by atoms with E-state index in [1.807, 2.05) is 0 Å². The van der Waals surface area contributed by atoms with Crippen LogP contribution in [-0.4, -0.2) is 72.9 Å². The third-order valence-electron chi connectivity index (χ3n) is 6.46. The largest absolute Gasteiger partial charge is 0.450 e. The van der Waals surface area contributed by atoms with Gasteiger partial charge in [-0.25, -0.2) is 4.79 Å². The Balaban J connectivity index is 2.01. The molecule has 0 radical (unpaired) electrons. The molecule has 3 amide bonds. The highest BCUT2D eigenvalue weighted by atomic mass is 16.5. The Morgan fingerprint density at radius 2 is 1.85 bits per heavy atom. The minimum absolute atomic E-state index is 0.0222. The van der Waals surface area contributed by atoms with Crippen LogP contribution >= 0.6 is 0 Å². The molecular formula is C23H40N6O5. The van der Waals surface area contributed by atoms with E-state index in [1.165, 1.54) is 11.3 Å². The molecule has 0 spiro atoms. The van der Waals surface area contributed by atoms with Crippen LogP contribution in [0.15, 0.2) is 4.99 Å². The van der Waals surface area contributed by atoms with Crippen molar-refractivity contribution in [2.45, 2.75) is 89.3 Å². The molecule has 1 aliphatic heterocycles. The van der Waals surface area contributed by atoms with Crippen molar-refractivity contribution >= 4 is 30.2 Å². The molecule has 1 saturated heterocycles. The van der Waals surface area contributed by atoms with Gasteiger partial charge in [0.15, 0.2) is 5.96 Å². The van der Waals surface area contributed by atoms with Crippen LogP contribution in [0, 0.1) is 5.92 Å². The second-order valence-corrected chi connectivity index (χ2v) is 9.05. The highest BCUT2D eigenvalue weighted by Gasteiger charge is 2.39. The average molecular weight is 481 g/mol. The lowest BCUT2D eigenvalue weighted by Crippen LogP contribution is -2.55. The summed E-state index contributed by atoms with van der Waals surface area (Å²) in [4.78, 5) is 55.5. The molecule has 192 valence electrons. The second kappa shape index (κ2) is 14.4. The van der Waals surface area contributed by atoms with Crippen molar-refractivity contribution in [3.05, 3.63) is 0 Å². The first-order chi connectivity index (χ1) is 16.3. The van der Waals surface area contributed by atoms with E-state index < -0.39 is 24.2 Å². The first kappa shape index (κ1) is 27.4. The lowest BCUT2D eigenvalue weighted by atomic mass is 9.84. The molecule has 11 heteroatoms. The first-order valence-electron chi connectivity index (χ1n) is 12.4. The van der Waals surface area contributed by atoms with Crippen LogP contribution in [0.4, 0.5) is 4.79 Å². The number of carbonyl (C=O) groups excluding carboxylic acids is 4. The summed E-state index contributed by atoms with van der Waals surface area (Å²) in [6.45, 7) is 2.71. The van der Waals surface area contributed by atoms with Gasteiger partial charge < -0.3 is 36.5 Å². The molecule has 2 fully saturated rings. The van der Waals surface area contributed by atoms with Gasteiger partial charge >= 0.3 is 6.09 Å². The van der Waals surface area contributed by atoms with Crippen molar-refractivity contribution in [2.75, 3.05) is 19.7 Å². The minimum Gasteiger partial charge on any atom is -0.450 e. The SMILES string of the molecule is CCOC(=O)N[C@H](CC1CCCCC1)C(=O)N1CCC[C@H]1C(=O)N[C@H](C=O)CCCN=C(N)N. The molecular weight excluding hydrogens is 440 g/mol. The summed E-state index contributed by atoms with van der Waals surface area (Å²) >= 11 is 0. The normalized spacial score (nSPS) is 20.1. The predicted molar refractivity (Wildman–Crippen MR) is 128 cm³/mol. The molecule has 2 aliphatic rings. The highest BCUT2D eigenvalue weighted by Crippen LogP contribution is 2.29. The van der Waals surface area contributed by atoms with E-state index in [1.54, 1.807) is 6.92 Å². The maximum atomic E-state index is 13.5. The number of likely N-dealkylation sites (tertiary alicyclic amines) is 1. The van der Waals surface area contributed by atoms with Gasteiger partial charge in [-0.15, -0.1) is 0 Å². The lowest BCUT2D eigenvalue weighted by molar-refractivity contribution is -0.140. The highest BCUT2D eigenvalue weighted by molar-refractivity contribution is 5.92. The zero-order chi connectivity index (χ0) is 24.9. The van der Waals surface area contributed by atoms with E-state index in [4.69, 9.17) is 16.2 Å². The van der Waals surface area contributed by atoms with Crippen molar-refractivity contribution in [3.63, 3.8) is 0 Å². The van der Waals surface area contributed by atoms with Crippen molar-refractivity contribution in [3.8, 4) is 0 Å². The Labute approximate surface area is 201 Å². The topological polar surface area (TPSA) is 169 Å². The molecule has 11 nitrogen and oxygen atoms in total. The number of nitrogens with two attached hydrogens (primary N) is 2. The number of ether oxygens (including phenoxy) is 1. The van der Waals surface area contributed by atoms with Gasteiger partial charge in [-0.3, -0.25) is 14.6 Å². The van der Waals surface area contributed by atoms with Crippen LogP contribution in [0.5, 0.6) is 0 Å². The molecule has 3 atom stereocenters. The van der Waals surface area contributed by atoms with Gasteiger partial charge in [0.2, 0.25) is 11.8 Å². The first-order valence-corrected chi connectivity index (χ1v) is 12.4. The fourth-order valence-electron chi connectivity index (χ4n) is 4.77. The Morgan fingerprint density at radius 3 is 2.50 bits per heavy atom. The molecule has 6 N–H and O–H groups in total. The van der Waals surface area contributed by atoms with Gasteiger partial charge in [-0.2, -0.15) is 0 Å². The van der Waals surface area contributed by atoms with Crippen molar-refractivity contribution < 1.29 is 23.9 Å². The molecule has 1 heterocycles. The van der Waals surface area contributed by atoms with Gasteiger partial charge in [0.05, 0.1) is 12.6 Å². The summed E-state index contributed by atoms with van der Waals surface area (Å²) in [6.07, 6.45) is 8.18. The standard InChI is InChI=1S/C23H40N6O5/c1-2-34-23(33)28-18(14-16-8-4-3-5-9-16)21(32)29-13-7-11-19(29)20(31)27-17(15-30)10-6-12-26-22(24)25/h15-19H,2-14H2,1H3,(H,27,31)(H,28,33)(H4,24,25,26)/t17-,18+,19-/m0/s1.